The van der Waals surface area contributed by atoms with Crippen LogP contribution in [0.4, 0.5) is 5.69 Å². The molecule has 0 saturated carbocycles. The Kier molecular flexibility index (Phi) is 5.03. The maximum atomic E-state index is 12.1. The van der Waals surface area contributed by atoms with Crippen LogP contribution in [0.15, 0.2) is 35.7 Å². The van der Waals surface area contributed by atoms with E-state index in [2.05, 4.69) is 15.5 Å². The third-order valence-electron chi connectivity index (χ3n) is 2.70. The summed E-state index contributed by atoms with van der Waals surface area (Å²) < 4.78 is 1.89. The third-order valence-corrected chi connectivity index (χ3v) is 4.13. The Morgan fingerprint density at radius 3 is 2.95 bits per heavy atom. The van der Waals surface area contributed by atoms with Crippen LogP contribution in [0.5, 0.6) is 0 Å². The molecule has 0 aliphatic rings. The van der Waals surface area contributed by atoms with Gasteiger partial charge in [0.2, 0.25) is 5.91 Å². The van der Waals surface area contributed by atoms with Gasteiger partial charge in [0.25, 0.3) is 0 Å². The number of para-hydroxylation sites is 1. The summed E-state index contributed by atoms with van der Waals surface area (Å²) in [4.78, 5) is 12.1. The van der Waals surface area contributed by atoms with Crippen molar-refractivity contribution in [3.05, 3.63) is 35.6 Å². The van der Waals surface area contributed by atoms with E-state index in [1.165, 1.54) is 11.8 Å². The monoisotopic (exact) mass is 310 g/mol. The number of rotatable bonds is 5. The molecule has 1 aromatic carbocycles. The first kappa shape index (κ1) is 14.9. The van der Waals surface area contributed by atoms with E-state index < -0.39 is 0 Å². The van der Waals surface area contributed by atoms with Gasteiger partial charge < -0.3 is 9.88 Å². The Morgan fingerprint density at radius 2 is 2.25 bits per heavy atom. The zero-order valence-corrected chi connectivity index (χ0v) is 12.8. The van der Waals surface area contributed by atoms with Gasteiger partial charge in [-0.2, -0.15) is 0 Å². The molecule has 106 valence electrons. The van der Waals surface area contributed by atoms with Gasteiger partial charge in [0.05, 0.1) is 16.0 Å². The second kappa shape index (κ2) is 6.76. The Bertz CT molecular complexity index is 602. The molecule has 1 N–H and O–H groups in total. The van der Waals surface area contributed by atoms with E-state index in [1.54, 1.807) is 18.5 Å². The first-order valence-electron chi connectivity index (χ1n) is 6.21. The third kappa shape index (κ3) is 3.52. The highest BCUT2D eigenvalue weighted by Gasteiger charge is 2.18. The van der Waals surface area contributed by atoms with Crippen LogP contribution < -0.4 is 5.32 Å². The van der Waals surface area contributed by atoms with Gasteiger partial charge in [-0.1, -0.05) is 35.5 Å². The fourth-order valence-electron chi connectivity index (χ4n) is 1.56. The number of halogens is 1. The van der Waals surface area contributed by atoms with Crippen molar-refractivity contribution in [2.24, 2.45) is 0 Å². The van der Waals surface area contributed by atoms with Gasteiger partial charge in [-0.3, -0.25) is 4.79 Å². The van der Waals surface area contributed by atoms with Crippen LogP contribution in [-0.4, -0.2) is 25.9 Å². The first-order valence-corrected chi connectivity index (χ1v) is 7.47. The van der Waals surface area contributed by atoms with Crippen molar-refractivity contribution in [2.45, 2.75) is 30.8 Å². The number of nitrogens with one attached hydrogen (secondary N) is 1. The number of nitrogens with zero attached hydrogens (tertiary/aromatic N) is 3. The lowest BCUT2D eigenvalue weighted by molar-refractivity contribution is -0.115. The summed E-state index contributed by atoms with van der Waals surface area (Å²) in [6.07, 6.45) is 1.65. The topological polar surface area (TPSA) is 59.8 Å². The van der Waals surface area contributed by atoms with Crippen LogP contribution in [0.25, 0.3) is 0 Å². The van der Waals surface area contributed by atoms with E-state index in [9.17, 15) is 4.79 Å². The van der Waals surface area contributed by atoms with E-state index in [0.717, 1.165) is 11.7 Å². The number of thioether (sulfide) groups is 1. The number of carbonyl (C=O) groups is 1. The summed E-state index contributed by atoms with van der Waals surface area (Å²) in [5.74, 6) is -0.117. The molecule has 2 aromatic rings. The predicted molar refractivity (Wildman–Crippen MR) is 81.1 cm³/mol. The number of anilines is 1. The zero-order chi connectivity index (χ0) is 14.5. The number of hydrogen-bond donors (Lipinski definition) is 1. The average Bonchev–Trinajstić information content (AvgIpc) is 2.88. The minimum absolute atomic E-state index is 0.117. The van der Waals surface area contributed by atoms with Gasteiger partial charge in [-0.15, -0.1) is 10.2 Å². The standard InChI is InChI=1S/C13H15ClN4OS/c1-3-18-8-15-17-13(18)20-9(2)12(19)16-11-7-5-4-6-10(11)14/h4-9H,3H2,1-2H3,(H,16,19)/t9-/m1/s1. The SMILES string of the molecule is CCn1cnnc1S[C@H](C)C(=O)Nc1ccccc1Cl. The van der Waals surface area contributed by atoms with Crippen LogP contribution >= 0.6 is 23.4 Å². The summed E-state index contributed by atoms with van der Waals surface area (Å²) in [5, 5.41) is 11.6. The molecule has 7 heteroatoms. The summed E-state index contributed by atoms with van der Waals surface area (Å²) in [6, 6.07) is 7.15. The van der Waals surface area contributed by atoms with Gasteiger partial charge in [-0.25, -0.2) is 0 Å². The zero-order valence-electron chi connectivity index (χ0n) is 11.2. The van der Waals surface area contributed by atoms with Gasteiger partial charge in [0.1, 0.15) is 6.33 Å². The first-order chi connectivity index (χ1) is 9.61. The Morgan fingerprint density at radius 1 is 1.50 bits per heavy atom. The van der Waals surface area contributed by atoms with Crippen LogP contribution in [-0.2, 0) is 11.3 Å². The Hall–Kier alpha value is -1.53. The fourth-order valence-corrected chi connectivity index (χ4v) is 2.63. The van der Waals surface area contributed by atoms with Gasteiger partial charge >= 0.3 is 0 Å². The molecule has 1 aromatic heterocycles. The molecule has 1 amide bonds. The molecular formula is C13H15ClN4OS. The van der Waals surface area contributed by atoms with Crippen molar-refractivity contribution in [3.63, 3.8) is 0 Å². The number of carbonyl (C=O) groups excluding carboxylic acids is 1. The van der Waals surface area contributed by atoms with Crippen LogP contribution in [0, 0.1) is 0 Å². The number of amides is 1. The lowest BCUT2D eigenvalue weighted by Gasteiger charge is -2.12. The second-order valence-electron chi connectivity index (χ2n) is 4.13. The van der Waals surface area contributed by atoms with Crippen LogP contribution in [0.2, 0.25) is 5.02 Å². The molecule has 0 unspecified atom stereocenters. The Labute approximate surface area is 126 Å². The van der Waals surface area contributed by atoms with Crippen molar-refractivity contribution >= 4 is 35.0 Å². The van der Waals surface area contributed by atoms with E-state index in [1.807, 2.05) is 30.5 Å². The number of benzene rings is 1. The number of aromatic nitrogens is 3. The fraction of sp³-hybridized carbons (Fsp3) is 0.308. The Balaban J connectivity index is 2.01. The summed E-state index contributed by atoms with van der Waals surface area (Å²) in [5.41, 5.74) is 0.614. The largest absolute Gasteiger partial charge is 0.324 e. The summed E-state index contributed by atoms with van der Waals surface area (Å²) in [7, 11) is 0. The predicted octanol–water partition coefficient (Wildman–Crippen LogP) is 3.07. The van der Waals surface area contributed by atoms with Crippen LogP contribution in [0.1, 0.15) is 13.8 Å². The smallest absolute Gasteiger partial charge is 0.237 e. The van der Waals surface area contributed by atoms with Gasteiger partial charge in [0.15, 0.2) is 5.16 Å². The van der Waals surface area contributed by atoms with Crippen molar-refractivity contribution < 1.29 is 4.79 Å². The number of hydrogen-bond acceptors (Lipinski definition) is 4. The lowest BCUT2D eigenvalue weighted by Crippen LogP contribution is -2.23. The summed E-state index contributed by atoms with van der Waals surface area (Å²) >= 11 is 7.38. The van der Waals surface area contributed by atoms with Crippen molar-refractivity contribution in [3.8, 4) is 0 Å². The van der Waals surface area contributed by atoms with Gasteiger partial charge in [-0.05, 0) is 26.0 Å². The molecule has 0 aliphatic carbocycles. The van der Waals surface area contributed by atoms with Crippen molar-refractivity contribution in [2.75, 3.05) is 5.32 Å². The van der Waals surface area contributed by atoms with E-state index in [0.29, 0.717) is 10.7 Å². The molecule has 0 bridgehead atoms. The molecule has 0 fully saturated rings. The molecule has 1 atom stereocenters. The maximum Gasteiger partial charge on any atom is 0.237 e. The highest BCUT2D eigenvalue weighted by molar-refractivity contribution is 8.00. The van der Waals surface area contributed by atoms with Crippen molar-refractivity contribution in [1.82, 2.24) is 14.8 Å². The van der Waals surface area contributed by atoms with Gasteiger partial charge in [0, 0.05) is 6.54 Å². The normalized spacial score (nSPS) is 12.2. The molecule has 0 spiro atoms. The highest BCUT2D eigenvalue weighted by Crippen LogP contribution is 2.24. The quantitative estimate of drug-likeness (QED) is 0.862. The van der Waals surface area contributed by atoms with Crippen LogP contribution in [0.3, 0.4) is 0 Å². The number of aryl methyl sites for hydroxylation is 1. The molecule has 5 nitrogen and oxygen atoms in total. The second-order valence-corrected chi connectivity index (χ2v) is 5.84. The average molecular weight is 311 g/mol. The van der Waals surface area contributed by atoms with E-state index in [4.69, 9.17) is 11.6 Å². The van der Waals surface area contributed by atoms with E-state index in [-0.39, 0.29) is 11.2 Å². The minimum Gasteiger partial charge on any atom is -0.324 e. The molecular weight excluding hydrogens is 296 g/mol. The molecule has 0 saturated heterocycles. The molecule has 0 aliphatic heterocycles. The van der Waals surface area contributed by atoms with E-state index >= 15 is 0 Å². The molecule has 1 heterocycles. The van der Waals surface area contributed by atoms with Crippen molar-refractivity contribution in [1.29, 1.82) is 0 Å². The minimum atomic E-state index is -0.291. The molecule has 0 radical (unpaired) electrons. The maximum absolute atomic E-state index is 12.1. The lowest BCUT2D eigenvalue weighted by atomic mass is 10.3. The highest BCUT2D eigenvalue weighted by atomic mass is 35.5. The molecule has 2 rings (SSSR count). The summed E-state index contributed by atoms with van der Waals surface area (Å²) in [6.45, 7) is 4.60. The molecule has 20 heavy (non-hydrogen) atoms.